The zero-order valence-electron chi connectivity index (χ0n) is 10.3. The number of aromatic nitrogens is 1. The van der Waals surface area contributed by atoms with Crippen molar-refractivity contribution in [3.63, 3.8) is 0 Å². The van der Waals surface area contributed by atoms with Gasteiger partial charge in [-0.15, -0.1) is 0 Å². The van der Waals surface area contributed by atoms with Gasteiger partial charge in [-0.25, -0.2) is 0 Å². The van der Waals surface area contributed by atoms with Crippen LogP contribution in [0.15, 0.2) is 24.3 Å². The van der Waals surface area contributed by atoms with Gasteiger partial charge in [-0.3, -0.25) is 0 Å². The Labute approximate surface area is 111 Å². The largest absolute Gasteiger partial charge is 0.497 e. The summed E-state index contributed by atoms with van der Waals surface area (Å²) in [4.78, 5) is 2.43. The quantitative estimate of drug-likeness (QED) is 0.639. The number of hydrogen-bond donors (Lipinski definition) is 0. The molecule has 20 heavy (non-hydrogen) atoms. The highest BCUT2D eigenvalue weighted by molar-refractivity contribution is 5.28. The normalized spacial score (nSPS) is 10.4. The molecule has 1 aromatic carbocycles. The Morgan fingerprint density at radius 1 is 0.950 bits per heavy atom. The molecule has 2 rings (SSSR count). The van der Waals surface area contributed by atoms with E-state index in [9.17, 15) is 17.6 Å². The van der Waals surface area contributed by atoms with Crippen molar-refractivity contribution in [2.75, 3.05) is 7.11 Å². The van der Waals surface area contributed by atoms with Crippen LogP contribution in [0.4, 0.5) is 17.6 Å². The first-order valence-corrected chi connectivity index (χ1v) is 5.48. The molecule has 0 atom stereocenters. The van der Waals surface area contributed by atoms with Crippen molar-refractivity contribution in [2.45, 2.75) is 6.61 Å². The zero-order chi connectivity index (χ0) is 14.7. The lowest BCUT2D eigenvalue weighted by Crippen LogP contribution is -2.06. The number of nitrogens with zero attached hydrogens (tertiary/aromatic N) is 1. The molecule has 3 nitrogen and oxygen atoms in total. The molecule has 0 saturated heterocycles. The van der Waals surface area contributed by atoms with E-state index in [1.807, 2.05) is 0 Å². The lowest BCUT2D eigenvalue weighted by atomic mass is 10.2. The maximum Gasteiger partial charge on any atom is 0.255 e. The Hall–Kier alpha value is -2.31. The maximum atomic E-state index is 13.3. The summed E-state index contributed by atoms with van der Waals surface area (Å²) in [5.74, 6) is -7.39. The van der Waals surface area contributed by atoms with E-state index in [1.165, 1.54) is 7.11 Å². The number of rotatable bonds is 4. The summed E-state index contributed by atoms with van der Waals surface area (Å²) >= 11 is 0. The van der Waals surface area contributed by atoms with Crippen molar-refractivity contribution in [3.05, 3.63) is 53.4 Å². The molecular weight excluding hydrogens is 278 g/mol. The smallest absolute Gasteiger partial charge is 0.255 e. The van der Waals surface area contributed by atoms with Gasteiger partial charge in [-0.05, 0) is 17.7 Å². The van der Waals surface area contributed by atoms with Crippen LogP contribution >= 0.6 is 0 Å². The second-order valence-corrected chi connectivity index (χ2v) is 3.79. The summed E-state index contributed by atoms with van der Waals surface area (Å²) in [6.07, 6.45) is 0. The molecule has 0 radical (unpaired) electrons. The number of ether oxygens (including phenoxy) is 2. The molecule has 0 spiro atoms. The number of hydrogen-bond acceptors (Lipinski definition) is 3. The monoisotopic (exact) mass is 287 g/mol. The van der Waals surface area contributed by atoms with E-state index in [0.717, 1.165) is 0 Å². The summed E-state index contributed by atoms with van der Waals surface area (Å²) in [7, 11) is 1.48. The molecule has 1 aromatic heterocycles. The average Bonchev–Trinajstić information content (AvgIpc) is 2.46. The standard InChI is InChI=1S/C13H9F4NO2/c1-19-8-4-2-7(3-5-8)6-20-11-9(14)12(16)18-13(17)10(11)15/h2-5H,6H2,1H3. The van der Waals surface area contributed by atoms with Crippen molar-refractivity contribution in [2.24, 2.45) is 0 Å². The molecule has 0 aliphatic heterocycles. The first-order chi connectivity index (χ1) is 9.52. The highest BCUT2D eigenvalue weighted by Crippen LogP contribution is 2.25. The van der Waals surface area contributed by atoms with Gasteiger partial charge in [-0.1, -0.05) is 12.1 Å². The SMILES string of the molecule is COc1ccc(COc2c(F)c(F)nc(F)c2F)cc1. The van der Waals surface area contributed by atoms with Gasteiger partial charge in [0.2, 0.25) is 17.4 Å². The molecule has 1 heterocycles. The van der Waals surface area contributed by atoms with Gasteiger partial charge < -0.3 is 9.47 Å². The van der Waals surface area contributed by atoms with Crippen molar-refractivity contribution >= 4 is 0 Å². The third-order valence-corrected chi connectivity index (χ3v) is 2.50. The summed E-state index contributed by atoms with van der Waals surface area (Å²) in [5.41, 5.74) is 0.544. The average molecular weight is 287 g/mol. The molecule has 0 saturated carbocycles. The van der Waals surface area contributed by atoms with E-state index >= 15 is 0 Å². The summed E-state index contributed by atoms with van der Waals surface area (Å²) < 4.78 is 62.0. The van der Waals surface area contributed by atoms with Gasteiger partial charge in [0.1, 0.15) is 12.4 Å². The van der Waals surface area contributed by atoms with Crippen LogP contribution in [0.1, 0.15) is 5.56 Å². The number of pyridine rings is 1. The predicted molar refractivity (Wildman–Crippen MR) is 61.4 cm³/mol. The van der Waals surface area contributed by atoms with Crippen molar-refractivity contribution in [1.29, 1.82) is 0 Å². The van der Waals surface area contributed by atoms with E-state index < -0.39 is 29.3 Å². The van der Waals surface area contributed by atoms with Crippen LogP contribution in [0.2, 0.25) is 0 Å². The predicted octanol–water partition coefficient (Wildman–Crippen LogP) is 3.23. The van der Waals surface area contributed by atoms with Crippen LogP contribution in [0.3, 0.4) is 0 Å². The number of halogens is 4. The van der Waals surface area contributed by atoms with Gasteiger partial charge >= 0.3 is 0 Å². The first-order valence-electron chi connectivity index (χ1n) is 5.48. The Kier molecular flexibility index (Phi) is 4.07. The molecule has 0 amide bonds. The lowest BCUT2D eigenvalue weighted by Gasteiger charge is -2.09. The molecule has 106 valence electrons. The van der Waals surface area contributed by atoms with Crippen LogP contribution in [0.25, 0.3) is 0 Å². The molecule has 7 heteroatoms. The fourth-order valence-electron chi connectivity index (χ4n) is 1.47. The highest BCUT2D eigenvalue weighted by Gasteiger charge is 2.22. The Balaban J connectivity index is 2.18. The first kappa shape index (κ1) is 14.1. The van der Waals surface area contributed by atoms with E-state index in [-0.39, 0.29) is 6.61 Å². The minimum Gasteiger partial charge on any atom is -0.497 e. The fourth-order valence-corrected chi connectivity index (χ4v) is 1.47. The molecule has 0 bridgehead atoms. The second-order valence-electron chi connectivity index (χ2n) is 3.79. The molecule has 0 aliphatic carbocycles. The van der Waals surface area contributed by atoms with Crippen molar-refractivity contribution < 1.29 is 27.0 Å². The summed E-state index contributed by atoms with van der Waals surface area (Å²) in [6, 6.07) is 6.39. The number of benzene rings is 1. The molecule has 0 unspecified atom stereocenters. The van der Waals surface area contributed by atoms with E-state index in [1.54, 1.807) is 24.3 Å². The Bertz CT molecular complexity index is 591. The van der Waals surface area contributed by atoms with Crippen LogP contribution in [-0.4, -0.2) is 12.1 Å². The van der Waals surface area contributed by atoms with Gasteiger partial charge in [-0.2, -0.15) is 22.5 Å². The number of methoxy groups -OCH3 is 1. The lowest BCUT2D eigenvalue weighted by molar-refractivity contribution is 0.255. The van der Waals surface area contributed by atoms with Gasteiger partial charge in [0.15, 0.2) is 0 Å². The molecule has 0 aliphatic rings. The second kappa shape index (κ2) is 5.77. The fraction of sp³-hybridized carbons (Fsp3) is 0.154. The topological polar surface area (TPSA) is 31.4 Å². The van der Waals surface area contributed by atoms with Crippen LogP contribution in [0, 0.1) is 23.5 Å². The van der Waals surface area contributed by atoms with Crippen LogP contribution in [-0.2, 0) is 6.61 Å². The van der Waals surface area contributed by atoms with Crippen molar-refractivity contribution in [1.82, 2.24) is 4.98 Å². The third-order valence-electron chi connectivity index (χ3n) is 2.50. The van der Waals surface area contributed by atoms with Crippen LogP contribution < -0.4 is 9.47 Å². The molecule has 0 fully saturated rings. The van der Waals surface area contributed by atoms with E-state index in [4.69, 9.17) is 9.47 Å². The van der Waals surface area contributed by atoms with Gasteiger partial charge in [0.05, 0.1) is 7.11 Å². The summed E-state index contributed by atoms with van der Waals surface area (Å²) in [5, 5.41) is 0. The molecule has 0 N–H and O–H groups in total. The highest BCUT2D eigenvalue weighted by atomic mass is 19.2. The summed E-state index contributed by atoms with van der Waals surface area (Å²) in [6.45, 7) is -0.263. The minimum absolute atomic E-state index is 0.263. The zero-order valence-corrected chi connectivity index (χ0v) is 10.3. The molecular formula is C13H9F4NO2. The van der Waals surface area contributed by atoms with Crippen LogP contribution in [0.5, 0.6) is 11.5 Å². The van der Waals surface area contributed by atoms with Gasteiger partial charge in [0, 0.05) is 0 Å². The minimum atomic E-state index is -1.76. The Morgan fingerprint density at radius 3 is 2.00 bits per heavy atom. The van der Waals surface area contributed by atoms with E-state index in [2.05, 4.69) is 4.98 Å². The van der Waals surface area contributed by atoms with Gasteiger partial charge in [0.25, 0.3) is 11.9 Å². The Morgan fingerprint density at radius 2 is 1.50 bits per heavy atom. The maximum absolute atomic E-state index is 13.3. The molecule has 2 aromatic rings. The van der Waals surface area contributed by atoms with Crippen molar-refractivity contribution in [3.8, 4) is 11.5 Å². The third kappa shape index (κ3) is 2.81. The van der Waals surface area contributed by atoms with E-state index in [0.29, 0.717) is 11.3 Å².